The van der Waals surface area contributed by atoms with Gasteiger partial charge in [-0.1, -0.05) is 11.6 Å². The smallest absolute Gasteiger partial charge is 0.226 e. The minimum Gasteiger partial charge on any atom is -0.493 e. The van der Waals surface area contributed by atoms with Gasteiger partial charge in [-0.2, -0.15) is 5.26 Å². The van der Waals surface area contributed by atoms with Gasteiger partial charge in [0.25, 0.3) is 0 Å². The molecular formula is C18H13ClN2O3. The van der Waals surface area contributed by atoms with Crippen LogP contribution >= 0.6 is 11.6 Å². The highest BCUT2D eigenvalue weighted by Crippen LogP contribution is 2.29. The monoisotopic (exact) mass is 340 g/mol. The van der Waals surface area contributed by atoms with Crippen LogP contribution in [0.4, 0.5) is 0 Å². The minimum atomic E-state index is 0.222. The normalized spacial score (nSPS) is 10.2. The fraction of sp³-hybridized carbons (Fsp3) is 0.111. The van der Waals surface area contributed by atoms with Gasteiger partial charge >= 0.3 is 0 Å². The quantitative estimate of drug-likeness (QED) is 0.686. The zero-order chi connectivity index (χ0) is 16.9. The van der Waals surface area contributed by atoms with E-state index in [9.17, 15) is 0 Å². The second-order valence-electron chi connectivity index (χ2n) is 4.92. The van der Waals surface area contributed by atoms with E-state index < -0.39 is 0 Å². The number of nitrogens with zero attached hydrogens (tertiary/aromatic N) is 2. The molecule has 5 nitrogen and oxygen atoms in total. The van der Waals surface area contributed by atoms with Crippen LogP contribution in [-0.2, 0) is 6.61 Å². The predicted octanol–water partition coefficient (Wildman–Crippen LogP) is 4.45. The number of hydrogen-bond acceptors (Lipinski definition) is 5. The molecule has 0 aliphatic carbocycles. The first-order valence-corrected chi connectivity index (χ1v) is 7.48. The van der Waals surface area contributed by atoms with E-state index in [0.717, 1.165) is 5.56 Å². The van der Waals surface area contributed by atoms with Crippen molar-refractivity contribution in [1.29, 1.82) is 5.26 Å². The van der Waals surface area contributed by atoms with Crippen LogP contribution in [0.2, 0.25) is 5.02 Å². The van der Waals surface area contributed by atoms with Crippen LogP contribution in [0.3, 0.4) is 0 Å². The van der Waals surface area contributed by atoms with Crippen molar-refractivity contribution in [2.45, 2.75) is 6.61 Å². The van der Waals surface area contributed by atoms with Crippen LogP contribution in [0.1, 0.15) is 11.3 Å². The highest BCUT2D eigenvalue weighted by atomic mass is 35.5. The molecule has 24 heavy (non-hydrogen) atoms. The Hall–Kier alpha value is -2.97. The van der Waals surface area contributed by atoms with Crippen LogP contribution in [0, 0.1) is 11.3 Å². The summed E-state index contributed by atoms with van der Waals surface area (Å²) < 4.78 is 16.4. The second-order valence-corrected chi connectivity index (χ2v) is 5.35. The first-order valence-electron chi connectivity index (χ1n) is 7.11. The van der Waals surface area contributed by atoms with E-state index in [0.29, 0.717) is 33.7 Å². The summed E-state index contributed by atoms with van der Waals surface area (Å²) in [7, 11) is 1.53. The lowest BCUT2D eigenvalue weighted by Gasteiger charge is -2.09. The number of benzene rings is 2. The van der Waals surface area contributed by atoms with Crippen molar-refractivity contribution < 1.29 is 13.9 Å². The maximum Gasteiger partial charge on any atom is 0.226 e. The molecule has 6 heteroatoms. The Bertz CT molecular complexity index is 882. The van der Waals surface area contributed by atoms with Crippen molar-refractivity contribution in [3.05, 3.63) is 65.0 Å². The van der Waals surface area contributed by atoms with Crippen LogP contribution in [-0.4, -0.2) is 12.1 Å². The van der Waals surface area contributed by atoms with Crippen molar-refractivity contribution in [2.75, 3.05) is 7.11 Å². The topological polar surface area (TPSA) is 68.3 Å². The largest absolute Gasteiger partial charge is 0.493 e. The van der Waals surface area contributed by atoms with Crippen molar-refractivity contribution in [1.82, 2.24) is 4.98 Å². The third kappa shape index (κ3) is 3.50. The Morgan fingerprint density at radius 2 is 1.96 bits per heavy atom. The molecule has 0 aliphatic heterocycles. The number of halogens is 1. The van der Waals surface area contributed by atoms with E-state index in [2.05, 4.69) is 11.1 Å². The van der Waals surface area contributed by atoms with Gasteiger partial charge in [0.2, 0.25) is 5.89 Å². The Morgan fingerprint density at radius 1 is 1.17 bits per heavy atom. The molecule has 3 aromatic rings. The molecule has 0 amide bonds. The fourth-order valence-electron chi connectivity index (χ4n) is 2.11. The van der Waals surface area contributed by atoms with Crippen molar-refractivity contribution in [3.8, 4) is 29.0 Å². The predicted molar refractivity (Wildman–Crippen MR) is 89.0 cm³/mol. The molecule has 0 radical (unpaired) electrons. The number of rotatable bonds is 5. The Labute approximate surface area is 144 Å². The molecule has 0 atom stereocenters. The summed E-state index contributed by atoms with van der Waals surface area (Å²) in [5.74, 6) is 1.53. The first-order chi connectivity index (χ1) is 11.7. The molecule has 0 saturated heterocycles. The maximum atomic E-state index is 8.91. The van der Waals surface area contributed by atoms with Crippen LogP contribution < -0.4 is 9.47 Å². The summed E-state index contributed by atoms with van der Waals surface area (Å²) in [6, 6.07) is 14.3. The summed E-state index contributed by atoms with van der Waals surface area (Å²) in [4.78, 5) is 4.39. The fourth-order valence-corrected chi connectivity index (χ4v) is 2.23. The van der Waals surface area contributed by atoms with Crippen molar-refractivity contribution in [2.24, 2.45) is 0 Å². The lowest BCUT2D eigenvalue weighted by Crippen LogP contribution is -1.98. The second kappa shape index (κ2) is 7.07. The van der Waals surface area contributed by atoms with Crippen LogP contribution in [0.25, 0.3) is 11.5 Å². The van der Waals surface area contributed by atoms with E-state index in [1.165, 1.54) is 7.11 Å². The Morgan fingerprint density at radius 3 is 2.67 bits per heavy atom. The van der Waals surface area contributed by atoms with Gasteiger partial charge in [-0.05, 0) is 36.4 Å². The van der Waals surface area contributed by atoms with Crippen molar-refractivity contribution >= 4 is 11.6 Å². The van der Waals surface area contributed by atoms with Gasteiger partial charge < -0.3 is 13.9 Å². The maximum absolute atomic E-state index is 8.91. The van der Waals surface area contributed by atoms with E-state index >= 15 is 0 Å². The summed E-state index contributed by atoms with van der Waals surface area (Å²) >= 11 is 5.87. The molecule has 0 unspecified atom stereocenters. The molecular weight excluding hydrogens is 328 g/mol. The number of hydrogen-bond donors (Lipinski definition) is 0. The van der Waals surface area contributed by atoms with Gasteiger partial charge in [-0.3, -0.25) is 0 Å². The van der Waals surface area contributed by atoms with E-state index in [-0.39, 0.29) is 6.61 Å². The number of nitriles is 1. The molecule has 0 fully saturated rings. The standard InChI is InChI=1S/C18H13ClN2O3/c1-22-17-8-12(9-20)2-7-16(17)23-10-15-11-24-18(21-15)13-3-5-14(19)6-4-13/h2-8,11H,10H2,1H3. The SMILES string of the molecule is COc1cc(C#N)ccc1OCc1coc(-c2ccc(Cl)cc2)n1. The van der Waals surface area contributed by atoms with E-state index in [1.807, 2.05) is 12.1 Å². The highest BCUT2D eigenvalue weighted by molar-refractivity contribution is 6.30. The number of oxazole rings is 1. The van der Waals surface area contributed by atoms with Gasteiger partial charge in [0.15, 0.2) is 11.5 Å². The number of methoxy groups -OCH3 is 1. The van der Waals surface area contributed by atoms with Crippen LogP contribution in [0.15, 0.2) is 53.1 Å². The molecule has 3 rings (SSSR count). The van der Waals surface area contributed by atoms with Gasteiger partial charge in [0.05, 0.1) is 18.7 Å². The lowest BCUT2D eigenvalue weighted by atomic mass is 10.2. The minimum absolute atomic E-state index is 0.222. The van der Waals surface area contributed by atoms with E-state index in [1.54, 1.807) is 36.6 Å². The zero-order valence-corrected chi connectivity index (χ0v) is 13.6. The molecule has 0 saturated carbocycles. The van der Waals surface area contributed by atoms with Gasteiger partial charge in [-0.15, -0.1) is 0 Å². The molecule has 120 valence electrons. The summed E-state index contributed by atoms with van der Waals surface area (Å²) in [5.41, 5.74) is 1.98. The van der Waals surface area contributed by atoms with Crippen molar-refractivity contribution in [3.63, 3.8) is 0 Å². The molecule has 0 bridgehead atoms. The molecule has 2 aromatic carbocycles. The molecule has 1 aromatic heterocycles. The summed E-state index contributed by atoms with van der Waals surface area (Å²) in [6.45, 7) is 0.222. The third-order valence-corrected chi connectivity index (χ3v) is 3.56. The van der Waals surface area contributed by atoms with E-state index in [4.69, 9.17) is 30.8 Å². The van der Waals surface area contributed by atoms with Crippen LogP contribution in [0.5, 0.6) is 11.5 Å². The summed E-state index contributed by atoms with van der Waals surface area (Å²) in [6.07, 6.45) is 1.54. The molecule has 0 spiro atoms. The lowest BCUT2D eigenvalue weighted by molar-refractivity contribution is 0.280. The summed E-state index contributed by atoms with van der Waals surface area (Å²) in [5, 5.41) is 9.56. The Kier molecular flexibility index (Phi) is 4.69. The molecule has 0 N–H and O–H groups in total. The van der Waals surface area contributed by atoms with Gasteiger partial charge in [-0.25, -0.2) is 4.98 Å². The number of ether oxygens (including phenoxy) is 2. The van der Waals surface area contributed by atoms with Gasteiger partial charge in [0.1, 0.15) is 18.6 Å². The Balaban J connectivity index is 1.72. The van der Waals surface area contributed by atoms with Gasteiger partial charge in [0, 0.05) is 16.7 Å². The highest BCUT2D eigenvalue weighted by Gasteiger charge is 2.10. The number of aromatic nitrogens is 1. The average molecular weight is 341 g/mol. The first kappa shape index (κ1) is 15.9. The molecule has 1 heterocycles. The molecule has 0 aliphatic rings. The average Bonchev–Trinajstić information content (AvgIpc) is 3.09. The third-order valence-electron chi connectivity index (χ3n) is 3.31. The zero-order valence-electron chi connectivity index (χ0n) is 12.8.